The van der Waals surface area contributed by atoms with E-state index in [1.54, 1.807) is 0 Å². The third kappa shape index (κ3) is 5.91. The highest BCUT2D eigenvalue weighted by Crippen LogP contribution is 2.32. The number of carbonyl (C=O) groups excluding carboxylic acids is 1. The Hall–Kier alpha value is -0.610. The van der Waals surface area contributed by atoms with Gasteiger partial charge in [0.05, 0.1) is 0 Å². The lowest BCUT2D eigenvalue weighted by Gasteiger charge is -2.40. The summed E-state index contributed by atoms with van der Waals surface area (Å²) in [7, 11) is 4.11. The molecule has 2 N–H and O–H groups in total. The predicted molar refractivity (Wildman–Crippen MR) is 80.2 cm³/mol. The third-order valence-corrected chi connectivity index (χ3v) is 4.30. The molecule has 1 aliphatic heterocycles. The van der Waals surface area contributed by atoms with Crippen molar-refractivity contribution in [2.24, 2.45) is 11.3 Å². The molecule has 1 amide bonds. The van der Waals surface area contributed by atoms with Crippen molar-refractivity contribution >= 4 is 5.91 Å². The molecular weight excluding hydrogens is 238 g/mol. The van der Waals surface area contributed by atoms with Crippen molar-refractivity contribution in [1.82, 2.24) is 15.5 Å². The second-order valence-electron chi connectivity index (χ2n) is 6.57. The molecule has 0 saturated carbocycles. The maximum atomic E-state index is 11.8. The van der Waals surface area contributed by atoms with Crippen molar-refractivity contribution in [2.75, 3.05) is 40.3 Å². The molecule has 1 aliphatic rings. The van der Waals surface area contributed by atoms with Gasteiger partial charge in [-0.15, -0.1) is 0 Å². The smallest absolute Gasteiger partial charge is 0.220 e. The summed E-state index contributed by atoms with van der Waals surface area (Å²) in [6.45, 7) is 8.63. The maximum Gasteiger partial charge on any atom is 0.220 e. The molecule has 0 aromatic rings. The first-order valence-corrected chi connectivity index (χ1v) is 7.55. The zero-order valence-electron chi connectivity index (χ0n) is 13.1. The molecule has 0 spiro atoms. The van der Waals surface area contributed by atoms with Gasteiger partial charge in [-0.3, -0.25) is 4.79 Å². The molecule has 19 heavy (non-hydrogen) atoms. The predicted octanol–water partition coefficient (Wildman–Crippen LogP) is 1.47. The molecular formula is C15H31N3O. The van der Waals surface area contributed by atoms with E-state index in [-0.39, 0.29) is 11.3 Å². The van der Waals surface area contributed by atoms with Gasteiger partial charge in [-0.1, -0.05) is 13.8 Å². The summed E-state index contributed by atoms with van der Waals surface area (Å²) in [5.74, 6) is 0.872. The van der Waals surface area contributed by atoms with E-state index in [1.165, 1.54) is 19.4 Å². The first-order valence-electron chi connectivity index (χ1n) is 7.55. The zero-order valence-corrected chi connectivity index (χ0v) is 13.1. The lowest BCUT2D eigenvalue weighted by Crippen LogP contribution is -2.45. The minimum atomic E-state index is 0.187. The first kappa shape index (κ1) is 16.4. The topological polar surface area (TPSA) is 44.4 Å². The van der Waals surface area contributed by atoms with Crippen molar-refractivity contribution in [3.8, 4) is 0 Å². The van der Waals surface area contributed by atoms with Gasteiger partial charge in [-0.05, 0) is 57.8 Å². The van der Waals surface area contributed by atoms with Gasteiger partial charge < -0.3 is 15.5 Å². The Kier molecular flexibility index (Phi) is 6.80. The highest BCUT2D eigenvalue weighted by molar-refractivity contribution is 5.75. The Morgan fingerprint density at radius 3 is 2.79 bits per heavy atom. The molecule has 0 bridgehead atoms. The lowest BCUT2D eigenvalue weighted by atomic mass is 9.74. The Balaban J connectivity index is 2.31. The Morgan fingerprint density at radius 1 is 1.42 bits per heavy atom. The molecule has 0 aromatic heterocycles. The Morgan fingerprint density at radius 2 is 2.16 bits per heavy atom. The van der Waals surface area contributed by atoms with Crippen LogP contribution in [0.15, 0.2) is 0 Å². The average Bonchev–Trinajstić information content (AvgIpc) is 2.37. The molecule has 0 aliphatic carbocycles. The number of hydrogen-bond donors (Lipinski definition) is 2. The number of nitrogens with zero attached hydrogens (tertiary/aromatic N) is 1. The third-order valence-electron chi connectivity index (χ3n) is 4.30. The average molecular weight is 269 g/mol. The van der Waals surface area contributed by atoms with Gasteiger partial charge in [0, 0.05) is 19.5 Å². The van der Waals surface area contributed by atoms with Crippen LogP contribution >= 0.6 is 0 Å². The summed E-state index contributed by atoms with van der Waals surface area (Å²) in [4.78, 5) is 14.2. The van der Waals surface area contributed by atoms with E-state index in [0.29, 0.717) is 12.3 Å². The second-order valence-corrected chi connectivity index (χ2v) is 6.57. The quantitative estimate of drug-likeness (QED) is 0.688. The number of hydrogen-bond acceptors (Lipinski definition) is 3. The van der Waals surface area contributed by atoms with E-state index >= 15 is 0 Å². The molecule has 112 valence electrons. The van der Waals surface area contributed by atoms with Crippen molar-refractivity contribution in [3.05, 3.63) is 0 Å². The van der Waals surface area contributed by atoms with E-state index in [2.05, 4.69) is 36.4 Å². The number of amides is 1. The molecule has 0 aromatic carbocycles. The SMILES string of the molecule is CNCCCC(=O)NCC(C)(C)C1CCCN(C)C1. The number of nitrogens with one attached hydrogen (secondary N) is 2. The summed E-state index contributed by atoms with van der Waals surface area (Å²) in [6, 6.07) is 0. The molecule has 1 saturated heterocycles. The van der Waals surface area contributed by atoms with Crippen LogP contribution in [0.3, 0.4) is 0 Å². The maximum absolute atomic E-state index is 11.8. The van der Waals surface area contributed by atoms with Crippen LogP contribution in [0.1, 0.15) is 39.5 Å². The minimum absolute atomic E-state index is 0.187. The van der Waals surface area contributed by atoms with Crippen molar-refractivity contribution in [3.63, 3.8) is 0 Å². The molecule has 4 heteroatoms. The minimum Gasteiger partial charge on any atom is -0.356 e. The second kappa shape index (κ2) is 7.85. The van der Waals surface area contributed by atoms with Gasteiger partial charge in [0.2, 0.25) is 5.91 Å². The van der Waals surface area contributed by atoms with Crippen LogP contribution in [0.2, 0.25) is 0 Å². The highest BCUT2D eigenvalue weighted by atomic mass is 16.1. The summed E-state index contributed by atoms with van der Waals surface area (Å²) < 4.78 is 0. The molecule has 1 heterocycles. The fourth-order valence-electron chi connectivity index (χ4n) is 2.79. The summed E-state index contributed by atoms with van der Waals surface area (Å²) >= 11 is 0. The molecule has 1 atom stereocenters. The molecule has 0 radical (unpaired) electrons. The number of piperidine rings is 1. The lowest BCUT2D eigenvalue weighted by molar-refractivity contribution is -0.121. The van der Waals surface area contributed by atoms with Crippen LogP contribution in [0.25, 0.3) is 0 Å². The fraction of sp³-hybridized carbons (Fsp3) is 0.933. The number of rotatable bonds is 7. The Labute approximate surface area is 118 Å². The highest BCUT2D eigenvalue weighted by Gasteiger charge is 2.32. The van der Waals surface area contributed by atoms with Gasteiger partial charge in [-0.25, -0.2) is 0 Å². The van der Waals surface area contributed by atoms with Gasteiger partial charge in [0.1, 0.15) is 0 Å². The van der Waals surface area contributed by atoms with E-state index in [1.807, 2.05) is 7.05 Å². The van der Waals surface area contributed by atoms with Gasteiger partial charge in [0.25, 0.3) is 0 Å². The summed E-state index contributed by atoms with van der Waals surface area (Å²) in [5.41, 5.74) is 0.188. The van der Waals surface area contributed by atoms with Gasteiger partial charge in [-0.2, -0.15) is 0 Å². The zero-order chi connectivity index (χ0) is 14.3. The van der Waals surface area contributed by atoms with E-state index < -0.39 is 0 Å². The monoisotopic (exact) mass is 269 g/mol. The largest absolute Gasteiger partial charge is 0.356 e. The summed E-state index contributed by atoms with van der Waals surface area (Å²) in [5, 5.41) is 6.18. The van der Waals surface area contributed by atoms with Gasteiger partial charge >= 0.3 is 0 Å². The van der Waals surface area contributed by atoms with Crippen LogP contribution in [-0.2, 0) is 4.79 Å². The molecule has 4 nitrogen and oxygen atoms in total. The first-order chi connectivity index (χ1) is 8.95. The number of likely N-dealkylation sites (tertiary alicyclic amines) is 1. The number of carbonyl (C=O) groups is 1. The molecule has 1 unspecified atom stereocenters. The van der Waals surface area contributed by atoms with E-state index in [4.69, 9.17) is 0 Å². The van der Waals surface area contributed by atoms with Gasteiger partial charge in [0.15, 0.2) is 0 Å². The molecule has 1 fully saturated rings. The van der Waals surface area contributed by atoms with Crippen LogP contribution in [0.4, 0.5) is 0 Å². The summed E-state index contributed by atoms with van der Waals surface area (Å²) in [6.07, 6.45) is 4.10. The van der Waals surface area contributed by atoms with Crippen LogP contribution < -0.4 is 10.6 Å². The van der Waals surface area contributed by atoms with E-state index in [9.17, 15) is 4.79 Å². The normalized spacial score (nSPS) is 21.4. The van der Waals surface area contributed by atoms with Crippen molar-refractivity contribution < 1.29 is 4.79 Å². The standard InChI is InChI=1S/C15H31N3O/c1-15(2,13-7-6-10-18(4)11-13)12-17-14(19)8-5-9-16-3/h13,16H,5-12H2,1-4H3,(H,17,19). The van der Waals surface area contributed by atoms with Crippen molar-refractivity contribution in [1.29, 1.82) is 0 Å². The van der Waals surface area contributed by atoms with Crippen LogP contribution in [0, 0.1) is 11.3 Å². The van der Waals surface area contributed by atoms with Crippen LogP contribution in [-0.4, -0.2) is 51.1 Å². The fourth-order valence-corrected chi connectivity index (χ4v) is 2.79. The van der Waals surface area contributed by atoms with Crippen LogP contribution in [0.5, 0.6) is 0 Å². The Bertz CT molecular complexity index is 279. The van der Waals surface area contributed by atoms with E-state index in [0.717, 1.165) is 26.1 Å². The van der Waals surface area contributed by atoms with Crippen molar-refractivity contribution in [2.45, 2.75) is 39.5 Å². The molecule has 1 rings (SSSR count).